The Morgan fingerprint density at radius 1 is 1.44 bits per heavy atom. The number of fused-ring (bicyclic) bond motifs is 1. The van der Waals surface area contributed by atoms with Crippen LogP contribution in [0.25, 0.3) is 16.5 Å². The molecule has 0 aliphatic heterocycles. The van der Waals surface area contributed by atoms with Gasteiger partial charge in [0.2, 0.25) is 0 Å². The number of nitrogens with zero attached hydrogens (tertiary/aromatic N) is 1. The second-order valence-corrected chi connectivity index (χ2v) is 4.63. The average molecular weight is 242 g/mol. The van der Waals surface area contributed by atoms with E-state index in [1.165, 1.54) is 0 Å². The SMILES string of the molecule is C=C(C)c1ccc2[nH]c(CCCC)nc(=O)c2c1. The molecule has 0 radical (unpaired) electrons. The zero-order valence-electron chi connectivity index (χ0n) is 10.9. The molecule has 3 heteroatoms. The number of rotatable bonds is 4. The summed E-state index contributed by atoms with van der Waals surface area (Å²) in [6.45, 7) is 7.94. The number of allylic oxidation sites excluding steroid dienone is 1. The predicted octanol–water partition coefficient (Wildman–Crippen LogP) is 3.30. The molecule has 0 aliphatic rings. The highest BCUT2D eigenvalue weighted by Gasteiger charge is 2.05. The molecule has 1 aromatic carbocycles. The molecule has 0 unspecified atom stereocenters. The van der Waals surface area contributed by atoms with Gasteiger partial charge in [0, 0.05) is 6.42 Å². The fraction of sp³-hybridized carbons (Fsp3) is 0.333. The molecule has 0 spiro atoms. The molecule has 2 aromatic rings. The van der Waals surface area contributed by atoms with Crippen molar-refractivity contribution in [2.24, 2.45) is 0 Å². The van der Waals surface area contributed by atoms with Gasteiger partial charge in [-0.2, -0.15) is 4.98 Å². The van der Waals surface area contributed by atoms with Gasteiger partial charge >= 0.3 is 0 Å². The van der Waals surface area contributed by atoms with Crippen LogP contribution in [-0.2, 0) is 6.42 Å². The molecular weight excluding hydrogens is 224 g/mol. The fourth-order valence-electron chi connectivity index (χ4n) is 1.92. The van der Waals surface area contributed by atoms with Crippen LogP contribution >= 0.6 is 0 Å². The average Bonchev–Trinajstić information content (AvgIpc) is 2.36. The third kappa shape index (κ3) is 2.50. The van der Waals surface area contributed by atoms with E-state index >= 15 is 0 Å². The summed E-state index contributed by atoms with van der Waals surface area (Å²) in [6.07, 6.45) is 2.96. The Labute approximate surface area is 107 Å². The second kappa shape index (κ2) is 5.17. The second-order valence-electron chi connectivity index (χ2n) is 4.63. The van der Waals surface area contributed by atoms with Crippen LogP contribution in [0.1, 0.15) is 38.1 Å². The molecule has 0 saturated heterocycles. The number of hydrogen-bond donors (Lipinski definition) is 1. The maximum atomic E-state index is 12.0. The number of aryl methyl sites for hydroxylation is 1. The topological polar surface area (TPSA) is 45.8 Å². The Kier molecular flexibility index (Phi) is 3.60. The van der Waals surface area contributed by atoms with E-state index in [9.17, 15) is 4.79 Å². The van der Waals surface area contributed by atoms with Crippen LogP contribution in [0.3, 0.4) is 0 Å². The van der Waals surface area contributed by atoms with Crippen molar-refractivity contribution >= 4 is 16.5 Å². The first-order chi connectivity index (χ1) is 8.61. The van der Waals surface area contributed by atoms with Crippen LogP contribution in [-0.4, -0.2) is 9.97 Å². The van der Waals surface area contributed by atoms with Crippen LogP contribution in [0.2, 0.25) is 0 Å². The van der Waals surface area contributed by atoms with E-state index < -0.39 is 0 Å². The highest BCUT2D eigenvalue weighted by molar-refractivity contribution is 5.82. The Hall–Kier alpha value is -1.90. The van der Waals surface area contributed by atoms with Crippen molar-refractivity contribution in [2.75, 3.05) is 0 Å². The molecule has 1 heterocycles. The van der Waals surface area contributed by atoms with Gasteiger partial charge in [0.25, 0.3) is 5.56 Å². The highest BCUT2D eigenvalue weighted by atomic mass is 16.1. The lowest BCUT2D eigenvalue weighted by Crippen LogP contribution is -2.12. The summed E-state index contributed by atoms with van der Waals surface area (Å²) >= 11 is 0. The van der Waals surface area contributed by atoms with Gasteiger partial charge in [-0.3, -0.25) is 4.79 Å². The van der Waals surface area contributed by atoms with E-state index in [2.05, 4.69) is 23.5 Å². The fourth-order valence-corrected chi connectivity index (χ4v) is 1.92. The zero-order valence-corrected chi connectivity index (χ0v) is 10.9. The molecule has 0 fully saturated rings. The quantitative estimate of drug-likeness (QED) is 0.894. The molecule has 2 rings (SSSR count). The van der Waals surface area contributed by atoms with E-state index in [-0.39, 0.29) is 5.56 Å². The lowest BCUT2D eigenvalue weighted by molar-refractivity contribution is 0.753. The standard InChI is InChI=1S/C15H18N2O/c1-4-5-6-14-16-13-8-7-11(10(2)3)9-12(13)15(18)17-14/h7-9H,2,4-6H2,1,3H3,(H,16,17,18). The lowest BCUT2D eigenvalue weighted by atomic mass is 10.1. The van der Waals surface area contributed by atoms with Crippen LogP contribution in [0, 0.1) is 0 Å². The van der Waals surface area contributed by atoms with Crippen molar-refractivity contribution in [3.8, 4) is 0 Å². The maximum Gasteiger partial charge on any atom is 0.280 e. The first-order valence-electron chi connectivity index (χ1n) is 6.30. The largest absolute Gasteiger partial charge is 0.343 e. The van der Waals surface area contributed by atoms with Crippen molar-refractivity contribution in [1.82, 2.24) is 9.97 Å². The summed E-state index contributed by atoms with van der Waals surface area (Å²) in [4.78, 5) is 19.3. The molecule has 18 heavy (non-hydrogen) atoms. The third-order valence-electron chi connectivity index (χ3n) is 3.03. The molecule has 1 aromatic heterocycles. The third-order valence-corrected chi connectivity index (χ3v) is 3.03. The first-order valence-corrected chi connectivity index (χ1v) is 6.30. The highest BCUT2D eigenvalue weighted by Crippen LogP contribution is 2.16. The molecule has 0 amide bonds. The minimum Gasteiger partial charge on any atom is -0.343 e. The maximum absolute atomic E-state index is 12.0. The first kappa shape index (κ1) is 12.6. The van der Waals surface area contributed by atoms with E-state index in [1.807, 2.05) is 25.1 Å². The number of H-pyrrole nitrogens is 1. The van der Waals surface area contributed by atoms with Crippen molar-refractivity contribution in [3.05, 3.63) is 46.5 Å². The number of aromatic amines is 1. The van der Waals surface area contributed by atoms with Gasteiger partial charge < -0.3 is 4.98 Å². The molecule has 3 nitrogen and oxygen atoms in total. The van der Waals surface area contributed by atoms with E-state index in [4.69, 9.17) is 0 Å². The van der Waals surface area contributed by atoms with E-state index in [1.54, 1.807) is 0 Å². The number of nitrogens with one attached hydrogen (secondary N) is 1. The molecule has 0 aliphatic carbocycles. The Balaban J connectivity index is 2.52. The molecule has 94 valence electrons. The predicted molar refractivity (Wildman–Crippen MR) is 75.7 cm³/mol. The Bertz CT molecular complexity index is 640. The van der Waals surface area contributed by atoms with E-state index in [0.29, 0.717) is 5.39 Å². The van der Waals surface area contributed by atoms with Crippen molar-refractivity contribution in [3.63, 3.8) is 0 Å². The molecule has 1 N–H and O–H groups in total. The van der Waals surface area contributed by atoms with Crippen molar-refractivity contribution in [1.29, 1.82) is 0 Å². The molecule has 0 bridgehead atoms. The van der Waals surface area contributed by atoms with E-state index in [0.717, 1.165) is 41.7 Å². The van der Waals surface area contributed by atoms with Crippen LogP contribution in [0.4, 0.5) is 0 Å². The normalized spacial score (nSPS) is 10.8. The summed E-state index contributed by atoms with van der Waals surface area (Å²) in [6, 6.07) is 5.76. The Morgan fingerprint density at radius 2 is 2.22 bits per heavy atom. The number of hydrogen-bond acceptors (Lipinski definition) is 2. The summed E-state index contributed by atoms with van der Waals surface area (Å²) in [5.74, 6) is 0.775. The molecular formula is C15H18N2O. The summed E-state index contributed by atoms with van der Waals surface area (Å²) < 4.78 is 0. The van der Waals surface area contributed by atoms with Crippen LogP contribution in [0.5, 0.6) is 0 Å². The molecule has 0 saturated carbocycles. The zero-order chi connectivity index (χ0) is 13.1. The van der Waals surface area contributed by atoms with Gasteiger partial charge in [-0.15, -0.1) is 0 Å². The van der Waals surface area contributed by atoms with Crippen LogP contribution in [0.15, 0.2) is 29.6 Å². The summed E-state index contributed by atoms with van der Waals surface area (Å²) in [5.41, 5.74) is 2.63. The summed E-state index contributed by atoms with van der Waals surface area (Å²) in [5, 5.41) is 0.635. The lowest BCUT2D eigenvalue weighted by Gasteiger charge is -2.05. The summed E-state index contributed by atoms with van der Waals surface area (Å²) in [7, 11) is 0. The van der Waals surface area contributed by atoms with Gasteiger partial charge in [-0.25, -0.2) is 0 Å². The number of unbranched alkanes of at least 4 members (excludes halogenated alkanes) is 1. The molecule has 0 atom stereocenters. The monoisotopic (exact) mass is 242 g/mol. The number of benzene rings is 1. The Morgan fingerprint density at radius 3 is 2.89 bits per heavy atom. The van der Waals surface area contributed by atoms with Gasteiger partial charge in [-0.05, 0) is 31.0 Å². The smallest absolute Gasteiger partial charge is 0.280 e. The minimum absolute atomic E-state index is 0.155. The van der Waals surface area contributed by atoms with Crippen LogP contribution < -0.4 is 5.56 Å². The number of aromatic nitrogens is 2. The minimum atomic E-state index is -0.155. The van der Waals surface area contributed by atoms with Gasteiger partial charge in [0.15, 0.2) is 0 Å². The van der Waals surface area contributed by atoms with Gasteiger partial charge in [0.05, 0.1) is 10.9 Å². The van der Waals surface area contributed by atoms with Gasteiger partial charge in [-0.1, -0.05) is 31.6 Å². The van der Waals surface area contributed by atoms with Crippen molar-refractivity contribution < 1.29 is 0 Å². The van der Waals surface area contributed by atoms with Gasteiger partial charge in [0.1, 0.15) is 5.82 Å². The van der Waals surface area contributed by atoms with Crippen molar-refractivity contribution in [2.45, 2.75) is 33.1 Å².